The lowest BCUT2D eigenvalue weighted by atomic mass is 10.0. The molecule has 1 fully saturated rings. The van der Waals surface area contributed by atoms with Gasteiger partial charge in [0.2, 0.25) is 0 Å². The minimum absolute atomic E-state index is 0.236. The molecule has 4 heterocycles. The van der Waals surface area contributed by atoms with Crippen molar-refractivity contribution in [3.63, 3.8) is 0 Å². The normalized spacial score (nSPS) is 15.0. The van der Waals surface area contributed by atoms with E-state index in [1.807, 2.05) is 25.4 Å². The van der Waals surface area contributed by atoms with Crippen LogP contribution in [-0.2, 0) is 7.05 Å². The van der Waals surface area contributed by atoms with Gasteiger partial charge < -0.3 is 19.9 Å². The quantitative estimate of drug-likeness (QED) is 0.488. The van der Waals surface area contributed by atoms with Crippen LogP contribution in [0.25, 0.3) is 16.6 Å². The summed E-state index contributed by atoms with van der Waals surface area (Å²) in [6, 6.07) is 5.65. The SMILES string of the molecule is CCNC1CCN(c2ccc(C(=O)Nc3cc(F)c4nc(C)cn4c3)c3nn(C)cc23)CC1. The van der Waals surface area contributed by atoms with Crippen molar-refractivity contribution in [1.82, 2.24) is 24.5 Å². The number of fused-ring (bicyclic) bond motifs is 2. The molecule has 0 saturated carbocycles. The molecule has 8 nitrogen and oxygen atoms in total. The first-order chi connectivity index (χ1) is 15.9. The minimum Gasteiger partial charge on any atom is -0.371 e. The van der Waals surface area contributed by atoms with E-state index in [2.05, 4.69) is 32.5 Å². The number of piperidine rings is 1. The Bertz CT molecular complexity index is 1330. The molecule has 0 radical (unpaired) electrons. The Hall–Kier alpha value is -3.46. The number of nitrogens with zero attached hydrogens (tertiary/aromatic N) is 5. The van der Waals surface area contributed by atoms with Crippen LogP contribution in [0.15, 0.2) is 36.8 Å². The number of carbonyl (C=O) groups excluding carboxylic acids is 1. The number of rotatable bonds is 5. The number of halogens is 1. The summed E-state index contributed by atoms with van der Waals surface area (Å²) in [6.07, 6.45) is 7.50. The van der Waals surface area contributed by atoms with Gasteiger partial charge in [-0.1, -0.05) is 6.92 Å². The fourth-order valence-corrected chi connectivity index (χ4v) is 4.72. The highest BCUT2D eigenvalue weighted by atomic mass is 19.1. The predicted molar refractivity (Wildman–Crippen MR) is 127 cm³/mol. The molecular formula is C24H28FN7O. The highest BCUT2D eigenvalue weighted by Crippen LogP contribution is 2.31. The minimum atomic E-state index is -0.486. The molecule has 0 spiro atoms. The van der Waals surface area contributed by atoms with E-state index >= 15 is 0 Å². The number of carbonyl (C=O) groups is 1. The highest BCUT2D eigenvalue weighted by Gasteiger charge is 2.23. The van der Waals surface area contributed by atoms with Gasteiger partial charge in [0.05, 0.1) is 16.9 Å². The summed E-state index contributed by atoms with van der Waals surface area (Å²) in [7, 11) is 1.85. The Morgan fingerprint density at radius 1 is 1.21 bits per heavy atom. The maximum atomic E-state index is 14.4. The van der Waals surface area contributed by atoms with E-state index in [1.165, 1.54) is 6.07 Å². The molecule has 3 aromatic heterocycles. The van der Waals surface area contributed by atoms with Crippen LogP contribution in [0.5, 0.6) is 0 Å². The molecule has 5 rings (SSSR count). The summed E-state index contributed by atoms with van der Waals surface area (Å²) in [5, 5.41) is 11.9. The van der Waals surface area contributed by atoms with Gasteiger partial charge >= 0.3 is 0 Å². The summed E-state index contributed by atoms with van der Waals surface area (Å²) < 4.78 is 17.8. The van der Waals surface area contributed by atoms with E-state index in [-0.39, 0.29) is 11.6 Å². The van der Waals surface area contributed by atoms with Crippen LogP contribution in [0.3, 0.4) is 0 Å². The number of benzene rings is 1. The molecule has 1 aliphatic heterocycles. The van der Waals surface area contributed by atoms with Crippen molar-refractivity contribution in [3.05, 3.63) is 53.9 Å². The van der Waals surface area contributed by atoms with Gasteiger partial charge in [0.25, 0.3) is 5.91 Å². The van der Waals surface area contributed by atoms with E-state index in [4.69, 9.17) is 0 Å². The van der Waals surface area contributed by atoms with Crippen molar-refractivity contribution in [1.29, 1.82) is 0 Å². The molecular weight excluding hydrogens is 421 g/mol. The number of pyridine rings is 1. The average molecular weight is 450 g/mol. The van der Waals surface area contributed by atoms with Crippen molar-refractivity contribution < 1.29 is 9.18 Å². The van der Waals surface area contributed by atoms with Gasteiger partial charge in [-0.2, -0.15) is 5.10 Å². The smallest absolute Gasteiger partial charge is 0.257 e. The molecule has 2 N–H and O–H groups in total. The molecule has 1 aromatic carbocycles. The zero-order valence-corrected chi connectivity index (χ0v) is 19.1. The highest BCUT2D eigenvalue weighted by molar-refractivity contribution is 6.13. The second-order valence-electron chi connectivity index (χ2n) is 8.66. The van der Waals surface area contributed by atoms with Gasteiger partial charge in [-0.05, 0) is 38.4 Å². The van der Waals surface area contributed by atoms with Crippen LogP contribution in [-0.4, -0.2) is 50.7 Å². The van der Waals surface area contributed by atoms with Crippen LogP contribution in [0.4, 0.5) is 15.8 Å². The number of hydrogen-bond donors (Lipinski definition) is 2. The number of aryl methyl sites for hydroxylation is 2. The second kappa shape index (κ2) is 8.47. The summed E-state index contributed by atoms with van der Waals surface area (Å²) in [5.74, 6) is -0.813. The topological polar surface area (TPSA) is 79.5 Å². The molecule has 1 amide bonds. The Balaban J connectivity index is 1.43. The maximum absolute atomic E-state index is 14.4. The predicted octanol–water partition coefficient (Wildman–Crippen LogP) is 3.50. The van der Waals surface area contributed by atoms with E-state index < -0.39 is 5.82 Å². The van der Waals surface area contributed by atoms with Gasteiger partial charge in [0.1, 0.15) is 5.52 Å². The monoisotopic (exact) mass is 449 g/mol. The van der Waals surface area contributed by atoms with Crippen LogP contribution >= 0.6 is 0 Å². The summed E-state index contributed by atoms with van der Waals surface area (Å²) in [5.41, 5.74) is 3.49. The van der Waals surface area contributed by atoms with Crippen molar-refractivity contribution in [2.75, 3.05) is 29.9 Å². The first kappa shape index (κ1) is 21.4. The summed E-state index contributed by atoms with van der Waals surface area (Å²) in [4.78, 5) is 19.7. The third kappa shape index (κ3) is 4.04. The second-order valence-corrected chi connectivity index (χ2v) is 8.66. The van der Waals surface area contributed by atoms with E-state index in [9.17, 15) is 9.18 Å². The zero-order valence-electron chi connectivity index (χ0n) is 19.1. The maximum Gasteiger partial charge on any atom is 0.257 e. The third-order valence-electron chi connectivity index (χ3n) is 6.23. The van der Waals surface area contributed by atoms with Crippen molar-refractivity contribution in [2.24, 2.45) is 7.05 Å². The molecule has 172 valence electrons. The van der Waals surface area contributed by atoms with Gasteiger partial charge in [-0.3, -0.25) is 9.48 Å². The lowest BCUT2D eigenvalue weighted by molar-refractivity contribution is 0.102. The largest absolute Gasteiger partial charge is 0.371 e. The molecule has 4 aromatic rings. The van der Waals surface area contributed by atoms with Crippen LogP contribution < -0.4 is 15.5 Å². The fraction of sp³-hybridized carbons (Fsp3) is 0.375. The molecule has 9 heteroatoms. The summed E-state index contributed by atoms with van der Waals surface area (Å²) >= 11 is 0. The zero-order chi connectivity index (χ0) is 23.1. The third-order valence-corrected chi connectivity index (χ3v) is 6.23. The molecule has 1 aliphatic rings. The first-order valence-electron chi connectivity index (χ1n) is 11.3. The molecule has 0 bridgehead atoms. The lowest BCUT2D eigenvalue weighted by Gasteiger charge is -2.34. The molecule has 0 atom stereocenters. The average Bonchev–Trinajstić information content (AvgIpc) is 3.35. The Morgan fingerprint density at radius 2 is 2.00 bits per heavy atom. The van der Waals surface area contributed by atoms with E-state index in [1.54, 1.807) is 28.4 Å². The van der Waals surface area contributed by atoms with E-state index in [0.29, 0.717) is 28.5 Å². The van der Waals surface area contributed by atoms with Gasteiger partial charge in [0.15, 0.2) is 11.5 Å². The Kier molecular flexibility index (Phi) is 5.49. The lowest BCUT2D eigenvalue weighted by Crippen LogP contribution is -2.42. The Morgan fingerprint density at radius 3 is 2.76 bits per heavy atom. The van der Waals surface area contributed by atoms with Crippen LogP contribution in [0.1, 0.15) is 35.8 Å². The number of nitrogens with one attached hydrogen (secondary N) is 2. The van der Waals surface area contributed by atoms with Crippen molar-refractivity contribution >= 4 is 33.8 Å². The van der Waals surface area contributed by atoms with E-state index in [0.717, 1.165) is 43.5 Å². The first-order valence-corrected chi connectivity index (χ1v) is 11.3. The van der Waals surface area contributed by atoms with Crippen molar-refractivity contribution in [3.8, 4) is 0 Å². The number of aromatic nitrogens is 4. The molecule has 0 aliphatic carbocycles. The number of imidazole rings is 1. The van der Waals surface area contributed by atoms with Crippen LogP contribution in [0.2, 0.25) is 0 Å². The van der Waals surface area contributed by atoms with Gasteiger partial charge in [-0.15, -0.1) is 0 Å². The molecule has 33 heavy (non-hydrogen) atoms. The van der Waals surface area contributed by atoms with Crippen molar-refractivity contribution in [2.45, 2.75) is 32.7 Å². The molecule has 1 saturated heterocycles. The summed E-state index contributed by atoms with van der Waals surface area (Å²) in [6.45, 7) is 6.83. The molecule has 0 unspecified atom stereocenters. The Labute approximate surface area is 191 Å². The fourth-order valence-electron chi connectivity index (χ4n) is 4.72. The number of anilines is 2. The van der Waals surface area contributed by atoms with Gasteiger partial charge in [0, 0.05) is 61.9 Å². The van der Waals surface area contributed by atoms with Crippen LogP contribution in [0, 0.1) is 12.7 Å². The standard InChI is InChI=1S/C24H28FN7O/c1-4-26-16-7-9-31(10-8-16)21-6-5-18(22-19(21)14-30(3)29-22)24(33)28-17-11-20(25)23-27-15(2)12-32(23)13-17/h5-6,11-14,16,26H,4,7-10H2,1-3H3,(H,28,33). The van der Waals surface area contributed by atoms with Gasteiger partial charge in [-0.25, -0.2) is 9.37 Å². The number of amides is 1. The number of hydrogen-bond acceptors (Lipinski definition) is 5.